The van der Waals surface area contributed by atoms with Crippen LogP contribution in [0.3, 0.4) is 0 Å². The Bertz CT molecular complexity index is 252. The lowest BCUT2D eigenvalue weighted by Crippen LogP contribution is -1.79. The first-order chi connectivity index (χ1) is 5.18. The van der Waals surface area contributed by atoms with Gasteiger partial charge in [0.2, 0.25) is 0 Å². The second-order valence-corrected chi connectivity index (χ2v) is 5.20. The van der Waals surface area contributed by atoms with Crippen LogP contribution in [0, 0.1) is 0 Å². The molecule has 3 heteroatoms. The third-order valence-electron chi connectivity index (χ3n) is 1.14. The first-order valence-electron chi connectivity index (χ1n) is 3.25. The largest absolute Gasteiger partial charge is 0.136 e. The summed E-state index contributed by atoms with van der Waals surface area (Å²) in [5, 5.41) is 2.19. The minimum atomic E-state index is 0.105. The second-order valence-electron chi connectivity index (χ2n) is 2.22. The van der Waals surface area contributed by atoms with E-state index in [9.17, 15) is 0 Å². The Kier molecular flexibility index (Phi) is 3.63. The number of thiophene rings is 1. The van der Waals surface area contributed by atoms with E-state index in [1.807, 2.05) is 19.1 Å². The van der Waals surface area contributed by atoms with Crippen LogP contribution in [-0.2, 0) is 0 Å². The van der Waals surface area contributed by atoms with Crippen molar-refractivity contribution < 1.29 is 0 Å². The molecule has 1 rings (SSSR count). The van der Waals surface area contributed by atoms with E-state index in [1.54, 1.807) is 11.3 Å². The van der Waals surface area contributed by atoms with Gasteiger partial charge < -0.3 is 0 Å². The highest BCUT2D eigenvalue weighted by Crippen LogP contribution is 2.21. The molecule has 0 aliphatic carbocycles. The van der Waals surface area contributed by atoms with Crippen molar-refractivity contribution in [2.24, 2.45) is 0 Å². The Balaban J connectivity index is 2.64. The van der Waals surface area contributed by atoms with E-state index >= 15 is 0 Å². The SMILES string of the molecule is CC(Cl)/C=C/c1csc(Br)c1. The number of allylic oxidation sites excluding steroid dienone is 1. The van der Waals surface area contributed by atoms with Crippen molar-refractivity contribution in [2.75, 3.05) is 0 Å². The third-order valence-corrected chi connectivity index (χ3v) is 2.81. The summed E-state index contributed by atoms with van der Waals surface area (Å²) in [5.74, 6) is 0. The number of rotatable bonds is 2. The fourth-order valence-electron chi connectivity index (χ4n) is 0.655. The van der Waals surface area contributed by atoms with E-state index in [-0.39, 0.29) is 5.38 Å². The lowest BCUT2D eigenvalue weighted by atomic mass is 10.3. The molecule has 0 aliphatic heterocycles. The Hall–Kier alpha value is 0.210. The molecule has 0 amide bonds. The second kappa shape index (κ2) is 4.29. The standard InChI is InChI=1S/C8H8BrClS/c1-6(10)2-3-7-4-8(9)11-5-7/h2-6H,1H3/b3-2+. The summed E-state index contributed by atoms with van der Waals surface area (Å²) in [4.78, 5) is 0. The predicted molar refractivity (Wildman–Crippen MR) is 56.4 cm³/mol. The highest BCUT2D eigenvalue weighted by Gasteiger charge is 1.92. The predicted octanol–water partition coefficient (Wildman–Crippen LogP) is 4.15. The molecule has 0 nitrogen and oxygen atoms in total. The van der Waals surface area contributed by atoms with Gasteiger partial charge in [-0.3, -0.25) is 0 Å². The smallest absolute Gasteiger partial charge is 0.0704 e. The molecule has 0 saturated carbocycles. The molecule has 1 unspecified atom stereocenters. The molecule has 11 heavy (non-hydrogen) atoms. The number of hydrogen-bond acceptors (Lipinski definition) is 1. The molecule has 1 heterocycles. The summed E-state index contributed by atoms with van der Waals surface area (Å²) in [6.45, 7) is 1.94. The summed E-state index contributed by atoms with van der Waals surface area (Å²) in [5.41, 5.74) is 1.20. The molecular formula is C8H8BrClS. The van der Waals surface area contributed by atoms with Gasteiger partial charge in [0.05, 0.1) is 3.79 Å². The van der Waals surface area contributed by atoms with Crippen molar-refractivity contribution in [1.82, 2.24) is 0 Å². The van der Waals surface area contributed by atoms with Crippen LogP contribution >= 0.6 is 38.9 Å². The highest BCUT2D eigenvalue weighted by molar-refractivity contribution is 9.11. The molecule has 60 valence electrons. The molecule has 0 aliphatic rings. The Morgan fingerprint density at radius 1 is 1.73 bits per heavy atom. The van der Waals surface area contributed by atoms with E-state index in [0.29, 0.717) is 0 Å². The van der Waals surface area contributed by atoms with Crippen molar-refractivity contribution in [1.29, 1.82) is 0 Å². The zero-order valence-electron chi connectivity index (χ0n) is 6.05. The molecule has 0 N–H and O–H groups in total. The topological polar surface area (TPSA) is 0 Å². The van der Waals surface area contributed by atoms with Crippen molar-refractivity contribution in [3.8, 4) is 0 Å². The minimum Gasteiger partial charge on any atom is -0.136 e. The fourth-order valence-corrected chi connectivity index (χ4v) is 1.87. The van der Waals surface area contributed by atoms with E-state index < -0.39 is 0 Å². The van der Waals surface area contributed by atoms with Crippen LogP contribution in [0.25, 0.3) is 6.08 Å². The van der Waals surface area contributed by atoms with Crippen LogP contribution in [0.1, 0.15) is 12.5 Å². The Morgan fingerprint density at radius 3 is 2.91 bits per heavy atom. The van der Waals surface area contributed by atoms with Crippen LogP contribution < -0.4 is 0 Å². The summed E-state index contributed by atoms with van der Waals surface area (Å²) in [6, 6.07) is 2.07. The Morgan fingerprint density at radius 2 is 2.45 bits per heavy atom. The van der Waals surface area contributed by atoms with E-state index in [2.05, 4.69) is 27.4 Å². The first-order valence-corrected chi connectivity index (χ1v) is 5.35. The van der Waals surface area contributed by atoms with Gasteiger partial charge in [0.15, 0.2) is 0 Å². The lowest BCUT2D eigenvalue weighted by molar-refractivity contribution is 1.24. The monoisotopic (exact) mass is 250 g/mol. The van der Waals surface area contributed by atoms with Crippen LogP contribution in [0.15, 0.2) is 21.3 Å². The van der Waals surface area contributed by atoms with E-state index in [1.165, 1.54) is 5.56 Å². The highest BCUT2D eigenvalue weighted by atomic mass is 79.9. The van der Waals surface area contributed by atoms with Gasteiger partial charge in [-0.05, 0) is 39.9 Å². The number of hydrogen-bond donors (Lipinski definition) is 0. The maximum atomic E-state index is 5.74. The molecule has 1 aromatic rings. The Labute approximate surface area is 84.0 Å². The zero-order chi connectivity index (χ0) is 8.27. The molecule has 1 aromatic heterocycles. The molecule has 0 saturated heterocycles. The molecule has 1 atom stereocenters. The summed E-state index contributed by atoms with van der Waals surface area (Å²) >= 11 is 10.8. The van der Waals surface area contributed by atoms with Crippen LogP contribution in [0.2, 0.25) is 0 Å². The normalized spacial score (nSPS) is 14.1. The maximum absolute atomic E-state index is 5.74. The van der Waals surface area contributed by atoms with E-state index in [4.69, 9.17) is 11.6 Å². The number of alkyl halides is 1. The zero-order valence-corrected chi connectivity index (χ0v) is 9.21. The molecule has 0 radical (unpaired) electrons. The van der Waals surface area contributed by atoms with Crippen molar-refractivity contribution in [3.05, 3.63) is 26.9 Å². The van der Waals surface area contributed by atoms with Gasteiger partial charge in [-0.15, -0.1) is 22.9 Å². The van der Waals surface area contributed by atoms with Crippen LogP contribution in [-0.4, -0.2) is 5.38 Å². The average Bonchev–Trinajstić information content (AvgIpc) is 2.31. The van der Waals surface area contributed by atoms with Crippen LogP contribution in [0.4, 0.5) is 0 Å². The third kappa shape index (κ3) is 3.41. The maximum Gasteiger partial charge on any atom is 0.0704 e. The van der Waals surface area contributed by atoms with Crippen molar-refractivity contribution in [2.45, 2.75) is 12.3 Å². The summed E-state index contributed by atoms with van der Waals surface area (Å²) < 4.78 is 1.15. The molecule has 0 fully saturated rings. The minimum absolute atomic E-state index is 0.105. The molecule has 0 bridgehead atoms. The first kappa shape index (κ1) is 9.30. The van der Waals surface area contributed by atoms with E-state index in [0.717, 1.165) is 3.79 Å². The van der Waals surface area contributed by atoms with Gasteiger partial charge in [0.25, 0.3) is 0 Å². The van der Waals surface area contributed by atoms with Gasteiger partial charge in [-0.25, -0.2) is 0 Å². The van der Waals surface area contributed by atoms with Gasteiger partial charge in [0.1, 0.15) is 0 Å². The fraction of sp³-hybridized carbons (Fsp3) is 0.250. The molecule has 0 aromatic carbocycles. The molecular weight excluding hydrogens is 244 g/mol. The average molecular weight is 252 g/mol. The van der Waals surface area contributed by atoms with Crippen molar-refractivity contribution in [3.63, 3.8) is 0 Å². The quantitative estimate of drug-likeness (QED) is 0.693. The summed E-state index contributed by atoms with van der Waals surface area (Å²) in [6.07, 6.45) is 4.00. The van der Waals surface area contributed by atoms with Gasteiger partial charge in [-0.2, -0.15) is 0 Å². The number of halogens is 2. The van der Waals surface area contributed by atoms with Crippen LogP contribution in [0.5, 0.6) is 0 Å². The van der Waals surface area contributed by atoms with Gasteiger partial charge in [0, 0.05) is 5.38 Å². The van der Waals surface area contributed by atoms with Gasteiger partial charge in [-0.1, -0.05) is 12.2 Å². The lowest BCUT2D eigenvalue weighted by Gasteiger charge is -1.88. The molecule has 0 spiro atoms. The summed E-state index contributed by atoms with van der Waals surface area (Å²) in [7, 11) is 0. The van der Waals surface area contributed by atoms with Gasteiger partial charge >= 0.3 is 0 Å². The van der Waals surface area contributed by atoms with Crippen molar-refractivity contribution >= 4 is 44.9 Å².